The lowest BCUT2D eigenvalue weighted by atomic mass is 9.93. The largest absolute Gasteiger partial charge is 0.310 e. The molecule has 0 fully saturated rings. The summed E-state index contributed by atoms with van der Waals surface area (Å²) in [5, 5.41) is 7.53. The van der Waals surface area contributed by atoms with Gasteiger partial charge in [0, 0.05) is 17.1 Å². The molecule has 1 nitrogen and oxygen atoms in total. The van der Waals surface area contributed by atoms with E-state index in [-0.39, 0.29) is 51.3 Å². The Labute approximate surface area is 364 Å². The lowest BCUT2D eigenvalue weighted by molar-refractivity contribution is 1.28. The van der Waals surface area contributed by atoms with Gasteiger partial charge in [0.2, 0.25) is 0 Å². The molecule has 0 atom stereocenters. The van der Waals surface area contributed by atoms with Crippen molar-refractivity contribution in [2.24, 2.45) is 0 Å². The van der Waals surface area contributed by atoms with Crippen molar-refractivity contribution >= 4 is 60.2 Å². The first-order chi connectivity index (χ1) is 35.1. The highest BCUT2D eigenvalue weighted by molar-refractivity contribution is 6.15. The van der Waals surface area contributed by atoms with Gasteiger partial charge in [0.25, 0.3) is 0 Å². The van der Waals surface area contributed by atoms with Gasteiger partial charge in [-0.15, -0.1) is 0 Å². The Kier molecular flexibility index (Phi) is 5.67. The molecule has 0 N–H and O–H groups in total. The summed E-state index contributed by atoms with van der Waals surface area (Å²) < 4.78 is 127. The first-order valence-electron chi connectivity index (χ1n) is 26.2. The van der Waals surface area contributed by atoms with E-state index in [1.54, 1.807) is 12.1 Å². The predicted octanol–water partition coefficient (Wildman–Crippen LogP) is 16.4. The van der Waals surface area contributed by atoms with Crippen molar-refractivity contribution in [3.05, 3.63) is 236 Å². The van der Waals surface area contributed by atoms with Crippen LogP contribution in [0.4, 0.5) is 17.1 Å². The number of benzene rings is 11. The summed E-state index contributed by atoms with van der Waals surface area (Å²) in [5.74, 6) is 0. The van der Waals surface area contributed by atoms with Gasteiger partial charge in [-0.2, -0.15) is 0 Å². The van der Waals surface area contributed by atoms with Gasteiger partial charge in [0.05, 0.1) is 19.2 Å². The number of nitrogens with zero attached hydrogens (tertiary/aromatic N) is 1. The molecule has 0 spiro atoms. The first-order valence-corrected chi connectivity index (χ1v) is 19.2. The number of anilines is 3. The van der Waals surface area contributed by atoms with E-state index >= 15 is 0 Å². The van der Waals surface area contributed by atoms with Crippen LogP contribution in [0.1, 0.15) is 19.2 Å². The molecule has 11 aromatic carbocycles. The molecule has 0 aromatic heterocycles. The summed E-state index contributed by atoms with van der Waals surface area (Å²) in [5.41, 5.74) is 1.96. The standard InChI is InChI=1S/C58H39N/c1-3-15-40(16-4-1)46-35-47(41-17-5-2-6-18-41)37-50(36-46)59(48-31-27-42(28-32-48)57-38-44-19-7-9-21-51(44)53-23-11-13-25-55(53)57)49-33-29-43(30-34-49)58-39-45-20-8-10-22-52(45)54-24-12-14-26-56(54)58/h1-39H/i1D,2D,3D,4D,5D,6D,15D,16D,17D,18D,27D,28D,31D,32D. The van der Waals surface area contributed by atoms with Crippen molar-refractivity contribution in [1.82, 2.24) is 0 Å². The normalized spacial score (nSPS) is 14.7. The fourth-order valence-electron chi connectivity index (χ4n) is 8.12. The highest BCUT2D eigenvalue weighted by Gasteiger charge is 2.18. The Bertz CT molecular complexity index is 3980. The molecule has 0 saturated heterocycles. The van der Waals surface area contributed by atoms with Crippen molar-refractivity contribution in [2.45, 2.75) is 0 Å². The van der Waals surface area contributed by atoms with Crippen LogP contribution in [-0.4, -0.2) is 0 Å². The Morgan fingerprint density at radius 2 is 0.712 bits per heavy atom. The Balaban J connectivity index is 1.22. The van der Waals surface area contributed by atoms with Crippen LogP contribution in [0.5, 0.6) is 0 Å². The average Bonchev–Trinajstić information content (AvgIpc) is 3.41. The van der Waals surface area contributed by atoms with E-state index in [0.29, 0.717) is 11.3 Å². The molecule has 276 valence electrons. The predicted molar refractivity (Wildman–Crippen MR) is 253 cm³/mol. The third-order valence-electron chi connectivity index (χ3n) is 10.8. The maximum Gasteiger partial charge on any atom is 0.0645 e. The molecule has 1 heteroatoms. The van der Waals surface area contributed by atoms with Gasteiger partial charge in [0.15, 0.2) is 0 Å². The molecule has 11 aromatic rings. The van der Waals surface area contributed by atoms with Gasteiger partial charge < -0.3 is 4.90 Å². The topological polar surface area (TPSA) is 3.24 Å². The van der Waals surface area contributed by atoms with Crippen LogP contribution >= 0.6 is 0 Å². The second kappa shape index (κ2) is 14.6. The molecule has 0 amide bonds. The number of rotatable bonds is 7. The molecular weight excluding hydrogens is 711 g/mol. The minimum absolute atomic E-state index is 0.00456. The Morgan fingerprint density at radius 1 is 0.271 bits per heavy atom. The Hall–Kier alpha value is -7.74. The summed E-state index contributed by atoms with van der Waals surface area (Å²) in [4.78, 5) is 1.48. The van der Waals surface area contributed by atoms with Crippen LogP contribution < -0.4 is 4.90 Å². The molecule has 0 aliphatic rings. The minimum Gasteiger partial charge on any atom is -0.310 e. The van der Waals surface area contributed by atoms with Crippen molar-refractivity contribution in [1.29, 1.82) is 0 Å². The highest BCUT2D eigenvalue weighted by atomic mass is 15.1. The van der Waals surface area contributed by atoms with Crippen LogP contribution in [0.15, 0.2) is 236 Å². The third-order valence-corrected chi connectivity index (χ3v) is 10.8. The van der Waals surface area contributed by atoms with Crippen LogP contribution in [-0.2, 0) is 0 Å². The molecule has 0 unspecified atom stereocenters. The number of fused-ring (bicyclic) bond motifs is 6. The first kappa shape index (κ1) is 22.9. The van der Waals surface area contributed by atoms with E-state index in [9.17, 15) is 5.48 Å². The van der Waals surface area contributed by atoms with E-state index in [0.717, 1.165) is 54.2 Å². The van der Waals surface area contributed by atoms with Crippen molar-refractivity contribution in [3.8, 4) is 44.5 Å². The quantitative estimate of drug-likeness (QED) is 0.146. The maximum absolute atomic E-state index is 9.91. The Morgan fingerprint density at radius 3 is 1.22 bits per heavy atom. The summed E-state index contributed by atoms with van der Waals surface area (Å²) in [6.45, 7) is 0. The van der Waals surface area contributed by atoms with Crippen molar-refractivity contribution in [3.63, 3.8) is 0 Å². The third kappa shape index (κ3) is 6.30. The number of hydrogen-bond acceptors (Lipinski definition) is 1. The highest BCUT2D eigenvalue weighted by Crippen LogP contribution is 2.43. The van der Waals surface area contributed by atoms with E-state index in [2.05, 4.69) is 18.2 Å². The fraction of sp³-hybridized carbons (Fsp3) is 0. The van der Waals surface area contributed by atoms with Crippen molar-refractivity contribution < 1.29 is 19.2 Å². The molecular formula is C58H39N. The molecule has 0 heterocycles. The van der Waals surface area contributed by atoms with E-state index in [1.807, 2.05) is 103 Å². The van der Waals surface area contributed by atoms with Crippen LogP contribution in [0.2, 0.25) is 0 Å². The zero-order chi connectivity index (χ0) is 51.3. The van der Waals surface area contributed by atoms with Crippen LogP contribution in [0.3, 0.4) is 0 Å². The monoisotopic (exact) mass is 763 g/mol. The molecule has 0 saturated carbocycles. The zero-order valence-electron chi connectivity index (χ0n) is 45.4. The maximum atomic E-state index is 9.91. The number of hydrogen-bond donors (Lipinski definition) is 0. The fourth-order valence-corrected chi connectivity index (χ4v) is 8.12. The lowest BCUT2D eigenvalue weighted by Gasteiger charge is -2.27. The van der Waals surface area contributed by atoms with Gasteiger partial charge in [-0.05, 0) is 142 Å². The van der Waals surface area contributed by atoms with Gasteiger partial charge in [-0.1, -0.05) is 182 Å². The second-order valence-electron chi connectivity index (χ2n) is 14.3. The zero-order valence-corrected chi connectivity index (χ0v) is 31.4. The average molecular weight is 764 g/mol. The SMILES string of the molecule is [2H]c1c([2H])c([2H])c(-c2cc(-c3c([2H])c([2H])c([2H])c([2H])c3[2H])cc(N(c3ccc(-c4cc5ccccc5c5ccccc45)cc3)c3c([2H])c([2H])c(-c4cc5ccccc5c5ccccc45)c([2H])c3[2H])c2)c([2H])c1[2H]. The van der Waals surface area contributed by atoms with Crippen LogP contribution in [0, 0.1) is 0 Å². The molecule has 0 aliphatic carbocycles. The summed E-state index contributed by atoms with van der Waals surface area (Å²) in [6, 6.07) is 39.5. The van der Waals surface area contributed by atoms with E-state index < -0.39 is 72.5 Å². The van der Waals surface area contributed by atoms with Gasteiger partial charge >= 0.3 is 0 Å². The second-order valence-corrected chi connectivity index (χ2v) is 14.3. The summed E-state index contributed by atoms with van der Waals surface area (Å²) >= 11 is 0. The summed E-state index contributed by atoms with van der Waals surface area (Å²) in [6.07, 6.45) is 0. The van der Waals surface area contributed by atoms with Gasteiger partial charge in [0.1, 0.15) is 0 Å². The van der Waals surface area contributed by atoms with E-state index in [4.69, 9.17) is 13.7 Å². The molecule has 0 aliphatic heterocycles. The summed E-state index contributed by atoms with van der Waals surface area (Å²) in [7, 11) is 0. The molecule has 11 rings (SSSR count). The minimum atomic E-state index is -0.635. The van der Waals surface area contributed by atoms with Crippen molar-refractivity contribution in [2.75, 3.05) is 4.90 Å². The molecule has 59 heavy (non-hydrogen) atoms. The van der Waals surface area contributed by atoms with Crippen LogP contribution in [0.25, 0.3) is 87.6 Å². The van der Waals surface area contributed by atoms with Gasteiger partial charge in [-0.3, -0.25) is 0 Å². The smallest absolute Gasteiger partial charge is 0.0645 e. The lowest BCUT2D eigenvalue weighted by Crippen LogP contribution is -2.10. The van der Waals surface area contributed by atoms with E-state index in [1.165, 1.54) is 23.1 Å². The van der Waals surface area contributed by atoms with Gasteiger partial charge in [-0.25, -0.2) is 0 Å². The molecule has 0 bridgehead atoms. The molecule has 0 radical (unpaired) electrons.